The minimum Gasteiger partial charge on any atom is -0.496 e. The molecule has 0 spiro atoms. The molecular formula is C20H16N2O3. The van der Waals surface area contributed by atoms with Gasteiger partial charge in [0.05, 0.1) is 12.7 Å². The second kappa shape index (κ2) is 5.94. The zero-order valence-electron chi connectivity index (χ0n) is 13.6. The first kappa shape index (κ1) is 15.2. The maximum absolute atomic E-state index is 12.5. The van der Waals surface area contributed by atoms with Crippen molar-refractivity contribution in [3.8, 4) is 5.75 Å². The van der Waals surface area contributed by atoms with Gasteiger partial charge in [-0.3, -0.25) is 9.59 Å². The third-order valence-corrected chi connectivity index (χ3v) is 4.41. The monoisotopic (exact) mass is 332 g/mol. The summed E-state index contributed by atoms with van der Waals surface area (Å²) in [7, 11) is 1.54. The van der Waals surface area contributed by atoms with Gasteiger partial charge in [-0.1, -0.05) is 30.3 Å². The fraction of sp³-hybridized carbons (Fsp3) is 0.100. The highest BCUT2D eigenvalue weighted by atomic mass is 16.5. The highest BCUT2D eigenvalue weighted by Crippen LogP contribution is 2.34. The first-order valence-electron chi connectivity index (χ1n) is 7.96. The summed E-state index contributed by atoms with van der Waals surface area (Å²) in [6, 6.07) is 16.5. The summed E-state index contributed by atoms with van der Waals surface area (Å²) in [6.45, 7) is 0.366. The van der Waals surface area contributed by atoms with Crippen LogP contribution >= 0.6 is 0 Å². The van der Waals surface area contributed by atoms with Crippen molar-refractivity contribution < 1.29 is 14.3 Å². The average Bonchev–Trinajstić information content (AvgIpc) is 2.98. The average molecular weight is 332 g/mol. The van der Waals surface area contributed by atoms with Crippen molar-refractivity contribution in [1.82, 2.24) is 5.32 Å². The Kier molecular flexibility index (Phi) is 3.61. The highest BCUT2D eigenvalue weighted by molar-refractivity contribution is 6.24. The van der Waals surface area contributed by atoms with Crippen LogP contribution in [0.2, 0.25) is 0 Å². The van der Waals surface area contributed by atoms with Gasteiger partial charge in [-0.25, -0.2) is 0 Å². The summed E-state index contributed by atoms with van der Waals surface area (Å²) in [5.41, 5.74) is 2.94. The summed E-state index contributed by atoms with van der Waals surface area (Å²) < 4.78 is 5.23. The quantitative estimate of drug-likeness (QED) is 0.770. The molecule has 4 rings (SSSR count). The number of hydrogen-bond acceptors (Lipinski definition) is 3. The van der Waals surface area contributed by atoms with E-state index in [1.54, 1.807) is 25.3 Å². The number of anilines is 1. The molecule has 0 atom stereocenters. The van der Waals surface area contributed by atoms with Crippen molar-refractivity contribution in [2.24, 2.45) is 0 Å². The predicted molar refractivity (Wildman–Crippen MR) is 96.1 cm³/mol. The summed E-state index contributed by atoms with van der Waals surface area (Å²) in [4.78, 5) is 24.5. The highest BCUT2D eigenvalue weighted by Gasteiger charge is 2.22. The normalized spacial score (nSPS) is 12.1. The van der Waals surface area contributed by atoms with Gasteiger partial charge in [0, 0.05) is 23.2 Å². The molecule has 0 radical (unpaired) electrons. The van der Waals surface area contributed by atoms with Gasteiger partial charge in [0.1, 0.15) is 5.75 Å². The first-order chi connectivity index (χ1) is 12.2. The Hall–Kier alpha value is -3.34. The molecule has 25 heavy (non-hydrogen) atoms. The Bertz CT molecular complexity index is 1010. The molecular weight excluding hydrogens is 316 g/mol. The molecule has 5 heteroatoms. The summed E-state index contributed by atoms with van der Waals surface area (Å²) in [6.07, 6.45) is 0. The lowest BCUT2D eigenvalue weighted by Crippen LogP contribution is -2.23. The second-order valence-electron chi connectivity index (χ2n) is 5.84. The number of carbonyl (C=O) groups is 2. The number of amides is 2. The lowest BCUT2D eigenvalue weighted by molar-refractivity contribution is 0.0947. The minimum atomic E-state index is -0.199. The van der Waals surface area contributed by atoms with E-state index in [1.807, 2.05) is 36.4 Å². The first-order valence-corrected chi connectivity index (χ1v) is 7.96. The van der Waals surface area contributed by atoms with Gasteiger partial charge < -0.3 is 15.4 Å². The molecule has 0 saturated heterocycles. The molecule has 1 heterocycles. The van der Waals surface area contributed by atoms with Crippen LogP contribution in [0.15, 0.2) is 54.6 Å². The van der Waals surface area contributed by atoms with Crippen molar-refractivity contribution in [2.45, 2.75) is 6.54 Å². The molecule has 0 bridgehead atoms. The van der Waals surface area contributed by atoms with E-state index in [9.17, 15) is 9.59 Å². The minimum absolute atomic E-state index is 0.0872. The molecule has 3 aromatic carbocycles. The fourth-order valence-electron chi connectivity index (χ4n) is 3.21. The molecule has 0 unspecified atom stereocenters. The van der Waals surface area contributed by atoms with Crippen molar-refractivity contribution in [3.63, 3.8) is 0 Å². The largest absolute Gasteiger partial charge is 0.496 e. The zero-order valence-corrected chi connectivity index (χ0v) is 13.6. The number of carbonyl (C=O) groups excluding carboxylic acids is 2. The molecule has 0 saturated carbocycles. The topological polar surface area (TPSA) is 67.4 Å². The number of rotatable bonds is 4. The Labute approximate surface area is 144 Å². The molecule has 1 aliphatic heterocycles. The maximum atomic E-state index is 12.5. The Morgan fingerprint density at radius 1 is 1.08 bits per heavy atom. The second-order valence-corrected chi connectivity index (χ2v) is 5.84. The van der Waals surface area contributed by atoms with E-state index in [-0.39, 0.29) is 11.8 Å². The number of nitrogens with one attached hydrogen (secondary N) is 2. The van der Waals surface area contributed by atoms with Gasteiger partial charge in [-0.2, -0.15) is 0 Å². The number of para-hydroxylation sites is 1. The SMILES string of the molecule is COc1ccccc1C(=O)NCc1ccc2c3c(cccc13)C(=O)N2. The van der Waals surface area contributed by atoms with E-state index in [0.717, 1.165) is 22.0 Å². The number of benzene rings is 3. The molecule has 0 fully saturated rings. The lowest BCUT2D eigenvalue weighted by atomic mass is 10.0. The molecule has 2 N–H and O–H groups in total. The van der Waals surface area contributed by atoms with Crippen molar-refractivity contribution in [2.75, 3.05) is 12.4 Å². The number of ether oxygens (including phenoxy) is 1. The Morgan fingerprint density at radius 3 is 2.76 bits per heavy atom. The third-order valence-electron chi connectivity index (χ3n) is 4.41. The summed E-state index contributed by atoms with van der Waals surface area (Å²) >= 11 is 0. The third kappa shape index (κ3) is 2.50. The van der Waals surface area contributed by atoms with Crippen LogP contribution in [-0.2, 0) is 6.54 Å². The van der Waals surface area contributed by atoms with Crippen LogP contribution in [0.1, 0.15) is 26.3 Å². The maximum Gasteiger partial charge on any atom is 0.256 e. The molecule has 3 aromatic rings. The zero-order chi connectivity index (χ0) is 17.4. The van der Waals surface area contributed by atoms with Gasteiger partial charge in [0.2, 0.25) is 0 Å². The van der Waals surface area contributed by atoms with Crippen LogP contribution in [0.25, 0.3) is 10.8 Å². The van der Waals surface area contributed by atoms with E-state index >= 15 is 0 Å². The van der Waals surface area contributed by atoms with E-state index in [4.69, 9.17) is 4.74 Å². The molecule has 0 aromatic heterocycles. The van der Waals surface area contributed by atoms with E-state index < -0.39 is 0 Å². The summed E-state index contributed by atoms with van der Waals surface area (Å²) in [5, 5.41) is 7.67. The molecule has 0 aliphatic carbocycles. The fourth-order valence-corrected chi connectivity index (χ4v) is 3.21. The van der Waals surface area contributed by atoms with E-state index in [0.29, 0.717) is 23.4 Å². The lowest BCUT2D eigenvalue weighted by Gasteiger charge is -2.11. The van der Waals surface area contributed by atoms with Crippen LogP contribution < -0.4 is 15.4 Å². The molecule has 5 nitrogen and oxygen atoms in total. The van der Waals surface area contributed by atoms with Gasteiger partial charge in [-0.05, 0) is 35.2 Å². The molecule has 2 amide bonds. The standard InChI is InChI=1S/C20H16N2O3/c1-25-17-8-3-2-5-14(17)19(23)21-11-12-9-10-16-18-13(12)6-4-7-15(18)20(24)22-16/h2-10H,11H2,1H3,(H,21,23)(H,22,24). The number of methoxy groups -OCH3 is 1. The van der Waals surface area contributed by atoms with Crippen molar-refractivity contribution >= 4 is 28.3 Å². The van der Waals surface area contributed by atoms with Crippen LogP contribution in [0.5, 0.6) is 5.75 Å². The Balaban J connectivity index is 1.63. The van der Waals surface area contributed by atoms with Crippen LogP contribution in [-0.4, -0.2) is 18.9 Å². The summed E-state index contributed by atoms with van der Waals surface area (Å²) in [5.74, 6) is 0.251. The van der Waals surface area contributed by atoms with Crippen LogP contribution in [0.4, 0.5) is 5.69 Å². The molecule has 124 valence electrons. The van der Waals surface area contributed by atoms with Gasteiger partial charge in [0.25, 0.3) is 11.8 Å². The predicted octanol–water partition coefficient (Wildman–Crippen LogP) is 3.34. The number of hydrogen-bond donors (Lipinski definition) is 2. The van der Waals surface area contributed by atoms with Gasteiger partial charge in [-0.15, -0.1) is 0 Å². The van der Waals surface area contributed by atoms with Gasteiger partial charge in [0.15, 0.2) is 0 Å². The molecule has 1 aliphatic rings. The van der Waals surface area contributed by atoms with E-state index in [2.05, 4.69) is 10.6 Å². The van der Waals surface area contributed by atoms with Crippen molar-refractivity contribution in [1.29, 1.82) is 0 Å². The smallest absolute Gasteiger partial charge is 0.256 e. The van der Waals surface area contributed by atoms with E-state index in [1.165, 1.54) is 0 Å². The van der Waals surface area contributed by atoms with Crippen molar-refractivity contribution in [3.05, 3.63) is 71.3 Å². The van der Waals surface area contributed by atoms with Crippen LogP contribution in [0, 0.1) is 0 Å². The van der Waals surface area contributed by atoms with Gasteiger partial charge >= 0.3 is 0 Å². The Morgan fingerprint density at radius 2 is 1.92 bits per heavy atom. The van der Waals surface area contributed by atoms with Crippen LogP contribution in [0.3, 0.4) is 0 Å².